The highest BCUT2D eigenvalue weighted by Gasteiger charge is 2.44. The molecule has 1 fully saturated rings. The second kappa shape index (κ2) is 7.83. The lowest BCUT2D eigenvalue weighted by atomic mass is 9.90. The third-order valence-electron chi connectivity index (χ3n) is 4.63. The van der Waals surface area contributed by atoms with Gasteiger partial charge >= 0.3 is 6.18 Å². The number of hydrogen-bond acceptors (Lipinski definition) is 3. The third-order valence-corrected chi connectivity index (χ3v) is 4.63. The summed E-state index contributed by atoms with van der Waals surface area (Å²) in [4.78, 5) is 16.4. The molecule has 1 rings (SSSR count). The van der Waals surface area contributed by atoms with Gasteiger partial charge in [-0.3, -0.25) is 9.69 Å². The Morgan fingerprint density at radius 3 is 1.87 bits per heavy atom. The second-order valence-corrected chi connectivity index (χ2v) is 6.97. The molecule has 23 heavy (non-hydrogen) atoms. The number of halogens is 3. The van der Waals surface area contributed by atoms with Crippen molar-refractivity contribution < 1.29 is 23.1 Å². The Morgan fingerprint density at radius 2 is 1.52 bits per heavy atom. The van der Waals surface area contributed by atoms with E-state index >= 15 is 0 Å². The van der Waals surface area contributed by atoms with Gasteiger partial charge in [-0.05, 0) is 66.5 Å². The van der Waals surface area contributed by atoms with Crippen LogP contribution in [-0.4, -0.2) is 64.3 Å². The number of aliphatic hydroxyl groups excluding tert-OH is 1. The van der Waals surface area contributed by atoms with Crippen molar-refractivity contribution in [2.75, 3.05) is 13.1 Å². The molecule has 0 spiro atoms. The van der Waals surface area contributed by atoms with Crippen molar-refractivity contribution in [3.05, 3.63) is 0 Å². The summed E-state index contributed by atoms with van der Waals surface area (Å²) < 4.78 is 37.7. The van der Waals surface area contributed by atoms with Gasteiger partial charge in [-0.1, -0.05) is 0 Å². The molecule has 1 aliphatic heterocycles. The number of rotatable bonds is 5. The van der Waals surface area contributed by atoms with Crippen molar-refractivity contribution >= 4 is 5.91 Å². The molecule has 0 aromatic heterocycles. The topological polar surface area (TPSA) is 43.8 Å². The molecule has 1 heterocycles. The van der Waals surface area contributed by atoms with Gasteiger partial charge in [0.1, 0.15) is 0 Å². The highest BCUT2D eigenvalue weighted by atomic mass is 19.4. The van der Waals surface area contributed by atoms with Gasteiger partial charge < -0.3 is 10.0 Å². The Kier molecular flexibility index (Phi) is 6.89. The molecule has 0 saturated carbocycles. The Labute approximate surface area is 136 Å². The Morgan fingerprint density at radius 1 is 1.09 bits per heavy atom. The van der Waals surface area contributed by atoms with Crippen molar-refractivity contribution in [1.82, 2.24) is 9.80 Å². The Balaban J connectivity index is 2.64. The zero-order chi connectivity index (χ0) is 17.9. The zero-order valence-corrected chi connectivity index (χ0v) is 14.6. The van der Waals surface area contributed by atoms with E-state index in [0.717, 1.165) is 0 Å². The lowest BCUT2D eigenvalue weighted by Gasteiger charge is -2.40. The van der Waals surface area contributed by atoms with Crippen molar-refractivity contribution in [3.63, 3.8) is 0 Å². The van der Waals surface area contributed by atoms with E-state index in [4.69, 9.17) is 0 Å². The minimum atomic E-state index is -4.57. The van der Waals surface area contributed by atoms with Crippen LogP contribution in [0.25, 0.3) is 0 Å². The summed E-state index contributed by atoms with van der Waals surface area (Å²) in [5, 5.41) is 9.36. The quantitative estimate of drug-likeness (QED) is 0.838. The first-order valence-corrected chi connectivity index (χ1v) is 8.27. The molecule has 1 saturated heterocycles. The van der Waals surface area contributed by atoms with E-state index in [1.807, 2.05) is 32.6 Å². The monoisotopic (exact) mass is 338 g/mol. The maximum absolute atomic E-state index is 12.7. The fourth-order valence-corrected chi connectivity index (χ4v) is 3.37. The third kappa shape index (κ3) is 5.08. The Bertz CT molecular complexity index is 383. The van der Waals surface area contributed by atoms with E-state index in [0.29, 0.717) is 13.1 Å². The van der Waals surface area contributed by atoms with E-state index in [1.165, 1.54) is 0 Å². The highest BCUT2D eigenvalue weighted by molar-refractivity contribution is 5.82. The van der Waals surface area contributed by atoms with Gasteiger partial charge in [0.15, 0.2) is 6.10 Å². The fourth-order valence-electron chi connectivity index (χ4n) is 3.37. The van der Waals surface area contributed by atoms with Gasteiger partial charge in [0.25, 0.3) is 0 Å². The molecule has 0 radical (unpaired) electrons. The van der Waals surface area contributed by atoms with Gasteiger partial charge in [-0.15, -0.1) is 0 Å². The molecule has 0 bridgehead atoms. The van der Waals surface area contributed by atoms with E-state index in [2.05, 4.69) is 0 Å². The standard InChI is InChI=1S/C16H29F3N2O2/c1-10(2)21(11(3)4)15(23)12(5)20-8-6-13(7-9-20)14(22)16(17,18)19/h10-14,22H,6-9H2,1-5H3. The molecule has 136 valence electrons. The van der Waals surface area contributed by atoms with Crippen molar-refractivity contribution in [2.45, 2.75) is 77.9 Å². The number of likely N-dealkylation sites (tertiary alicyclic amines) is 1. The van der Waals surface area contributed by atoms with Crippen molar-refractivity contribution in [1.29, 1.82) is 0 Å². The average Bonchev–Trinajstić information content (AvgIpc) is 2.44. The number of aliphatic hydroxyl groups is 1. The van der Waals surface area contributed by atoms with Crippen LogP contribution in [0.1, 0.15) is 47.5 Å². The smallest absolute Gasteiger partial charge is 0.383 e. The average molecular weight is 338 g/mol. The summed E-state index contributed by atoms with van der Waals surface area (Å²) in [6.45, 7) is 10.4. The lowest BCUT2D eigenvalue weighted by molar-refractivity contribution is -0.223. The van der Waals surface area contributed by atoms with Crippen molar-refractivity contribution in [2.24, 2.45) is 5.92 Å². The molecule has 1 amide bonds. The minimum absolute atomic E-state index is 0.00446. The summed E-state index contributed by atoms with van der Waals surface area (Å²) in [5.74, 6) is -0.773. The van der Waals surface area contributed by atoms with Crippen LogP contribution >= 0.6 is 0 Å². The van der Waals surface area contributed by atoms with Crippen molar-refractivity contribution in [3.8, 4) is 0 Å². The normalized spacial score (nSPS) is 20.8. The Hall–Kier alpha value is -0.820. The SMILES string of the molecule is CC(C(=O)N(C(C)C)C(C)C)N1CCC(C(O)C(F)(F)F)CC1. The molecule has 7 heteroatoms. The van der Waals surface area contributed by atoms with Gasteiger partial charge in [-0.25, -0.2) is 0 Å². The minimum Gasteiger partial charge on any atom is -0.383 e. The molecular formula is C16H29F3N2O2. The molecule has 2 unspecified atom stereocenters. The molecule has 0 aromatic carbocycles. The van der Waals surface area contributed by atoms with Crippen LogP contribution in [0.4, 0.5) is 13.2 Å². The van der Waals surface area contributed by atoms with Crippen LogP contribution in [0.15, 0.2) is 0 Å². The van der Waals surface area contributed by atoms with E-state index in [-0.39, 0.29) is 36.9 Å². The van der Waals surface area contributed by atoms with Gasteiger partial charge in [0, 0.05) is 12.1 Å². The number of amides is 1. The predicted molar refractivity (Wildman–Crippen MR) is 82.9 cm³/mol. The molecular weight excluding hydrogens is 309 g/mol. The number of carbonyl (C=O) groups is 1. The summed E-state index contributed by atoms with van der Waals surface area (Å²) in [6.07, 6.45) is -6.33. The zero-order valence-electron chi connectivity index (χ0n) is 14.6. The maximum atomic E-state index is 12.7. The summed E-state index contributed by atoms with van der Waals surface area (Å²) in [7, 11) is 0. The molecule has 4 nitrogen and oxygen atoms in total. The second-order valence-electron chi connectivity index (χ2n) is 6.97. The highest BCUT2D eigenvalue weighted by Crippen LogP contribution is 2.32. The van der Waals surface area contributed by atoms with E-state index in [9.17, 15) is 23.1 Å². The number of hydrogen-bond donors (Lipinski definition) is 1. The van der Waals surface area contributed by atoms with Crippen LogP contribution in [0.2, 0.25) is 0 Å². The number of carbonyl (C=O) groups excluding carboxylic acids is 1. The molecule has 1 N–H and O–H groups in total. The summed E-state index contributed by atoms with van der Waals surface area (Å²) in [6, 6.07) is -0.201. The van der Waals surface area contributed by atoms with Crippen LogP contribution in [0, 0.1) is 5.92 Å². The molecule has 0 aromatic rings. The lowest BCUT2D eigenvalue weighted by Crippen LogP contribution is -2.54. The number of nitrogens with zero attached hydrogens (tertiary/aromatic N) is 2. The van der Waals surface area contributed by atoms with Crippen LogP contribution in [0.5, 0.6) is 0 Å². The van der Waals surface area contributed by atoms with Crippen LogP contribution in [-0.2, 0) is 4.79 Å². The van der Waals surface area contributed by atoms with Crippen LogP contribution in [0.3, 0.4) is 0 Å². The molecule has 0 aliphatic carbocycles. The van der Waals surface area contributed by atoms with Crippen LogP contribution < -0.4 is 0 Å². The number of piperidine rings is 1. The first-order chi connectivity index (χ1) is 10.5. The first kappa shape index (κ1) is 20.2. The van der Waals surface area contributed by atoms with Gasteiger partial charge in [-0.2, -0.15) is 13.2 Å². The van der Waals surface area contributed by atoms with E-state index in [1.54, 1.807) is 11.8 Å². The molecule has 2 atom stereocenters. The first-order valence-electron chi connectivity index (χ1n) is 8.27. The largest absolute Gasteiger partial charge is 0.414 e. The van der Waals surface area contributed by atoms with E-state index < -0.39 is 18.2 Å². The number of alkyl halides is 3. The predicted octanol–water partition coefficient (Wildman–Crippen LogP) is 2.66. The maximum Gasteiger partial charge on any atom is 0.414 e. The van der Waals surface area contributed by atoms with Gasteiger partial charge in [0.2, 0.25) is 5.91 Å². The summed E-state index contributed by atoms with van der Waals surface area (Å²) >= 11 is 0. The summed E-state index contributed by atoms with van der Waals surface area (Å²) in [5.41, 5.74) is 0. The molecule has 1 aliphatic rings. The fraction of sp³-hybridized carbons (Fsp3) is 0.938. The van der Waals surface area contributed by atoms with Gasteiger partial charge in [0.05, 0.1) is 6.04 Å².